The molecule has 1 atom stereocenters. The third kappa shape index (κ3) is 9.27. The minimum Gasteiger partial charge on any atom is -0.497 e. The van der Waals surface area contributed by atoms with Crippen molar-refractivity contribution in [3.63, 3.8) is 0 Å². The molecule has 4 aromatic rings. The summed E-state index contributed by atoms with van der Waals surface area (Å²) in [4.78, 5) is 50.2. The van der Waals surface area contributed by atoms with Gasteiger partial charge in [0.1, 0.15) is 35.6 Å². The summed E-state index contributed by atoms with van der Waals surface area (Å²) in [7, 11) is 3.20. The quantitative estimate of drug-likeness (QED) is 0.125. The number of hydrogen-bond acceptors (Lipinski definition) is 9. The zero-order chi connectivity index (χ0) is 33.6. The molecule has 1 N–H and O–H groups in total. The first-order chi connectivity index (χ1) is 22.8. The van der Waals surface area contributed by atoms with Crippen LogP contribution in [0, 0.1) is 0 Å². The van der Waals surface area contributed by atoms with E-state index in [1.165, 1.54) is 16.8 Å². The topological polar surface area (TPSA) is 135 Å². The van der Waals surface area contributed by atoms with Gasteiger partial charge in [0.05, 0.1) is 40.4 Å². The maximum atomic E-state index is 12.6. The molecule has 0 unspecified atom stereocenters. The standard InChI is InChI=1S/C36H40N2O9/c1-4-29(39)14-19-34(41)46-24-32(45-23-22-38-21-20-33(40)37-35(38)42)25-47-36(26-8-6-5-7-9-26,27-10-15-30(43-2)16-11-27)28-12-17-31(44-3)18-13-28/h5-13,15-18,20-21,32H,4,14,19,22-25H2,1-3H3,(H,37,40,42)/t32-/m0/s1. The predicted octanol–water partition coefficient (Wildman–Crippen LogP) is 4.25. The zero-order valence-electron chi connectivity index (χ0n) is 26.8. The van der Waals surface area contributed by atoms with E-state index in [0.29, 0.717) is 17.9 Å². The maximum Gasteiger partial charge on any atom is 0.328 e. The normalized spacial score (nSPS) is 11.9. The van der Waals surface area contributed by atoms with Crippen molar-refractivity contribution in [2.75, 3.05) is 34.0 Å². The van der Waals surface area contributed by atoms with Crippen molar-refractivity contribution < 1.29 is 33.3 Å². The molecule has 0 fully saturated rings. The lowest BCUT2D eigenvalue weighted by Crippen LogP contribution is -2.38. The lowest BCUT2D eigenvalue weighted by molar-refractivity contribution is -0.152. The van der Waals surface area contributed by atoms with Gasteiger partial charge in [-0.1, -0.05) is 61.5 Å². The summed E-state index contributed by atoms with van der Waals surface area (Å²) in [6.45, 7) is 1.73. The Morgan fingerprint density at radius 2 is 1.38 bits per heavy atom. The molecule has 1 heterocycles. The highest BCUT2D eigenvalue weighted by Crippen LogP contribution is 2.41. The largest absolute Gasteiger partial charge is 0.497 e. The molecule has 1 aromatic heterocycles. The summed E-state index contributed by atoms with van der Waals surface area (Å²) in [6, 6.07) is 26.1. The maximum absolute atomic E-state index is 12.6. The SMILES string of the molecule is CCC(=O)CCC(=O)OC[C@@H](COC(c1ccccc1)(c1ccc(OC)cc1)c1ccc(OC)cc1)OCCn1ccc(=O)[nH]c1=O. The molecular weight excluding hydrogens is 604 g/mol. The molecular formula is C36H40N2O9. The van der Waals surface area contributed by atoms with E-state index in [2.05, 4.69) is 4.98 Å². The molecule has 11 nitrogen and oxygen atoms in total. The zero-order valence-corrected chi connectivity index (χ0v) is 26.8. The van der Waals surface area contributed by atoms with Crippen molar-refractivity contribution in [1.29, 1.82) is 0 Å². The number of benzene rings is 3. The van der Waals surface area contributed by atoms with Gasteiger partial charge < -0.3 is 23.7 Å². The number of methoxy groups -OCH3 is 2. The lowest BCUT2D eigenvalue weighted by Gasteiger charge is -2.37. The minimum absolute atomic E-state index is 0.0314. The number of hydrogen-bond donors (Lipinski definition) is 1. The van der Waals surface area contributed by atoms with Gasteiger partial charge in [-0.15, -0.1) is 0 Å². The Morgan fingerprint density at radius 3 is 1.94 bits per heavy atom. The number of carbonyl (C=O) groups is 2. The monoisotopic (exact) mass is 644 g/mol. The van der Waals surface area contributed by atoms with Gasteiger partial charge in [0.2, 0.25) is 0 Å². The van der Waals surface area contributed by atoms with Gasteiger partial charge in [-0.2, -0.15) is 0 Å². The highest BCUT2D eigenvalue weighted by molar-refractivity contribution is 5.82. The number of esters is 1. The molecule has 248 valence electrons. The van der Waals surface area contributed by atoms with Crippen LogP contribution >= 0.6 is 0 Å². The summed E-state index contributed by atoms with van der Waals surface area (Å²) >= 11 is 0. The van der Waals surface area contributed by atoms with Crippen molar-refractivity contribution in [2.24, 2.45) is 0 Å². The Balaban J connectivity index is 1.67. The predicted molar refractivity (Wildman–Crippen MR) is 175 cm³/mol. The number of carbonyl (C=O) groups excluding carboxylic acids is 2. The Labute approximate surface area is 273 Å². The molecule has 0 radical (unpaired) electrons. The van der Waals surface area contributed by atoms with E-state index < -0.39 is 28.9 Å². The van der Waals surface area contributed by atoms with E-state index in [4.69, 9.17) is 23.7 Å². The smallest absolute Gasteiger partial charge is 0.328 e. The number of ketones is 1. The fourth-order valence-electron chi connectivity index (χ4n) is 5.05. The van der Waals surface area contributed by atoms with Gasteiger partial charge in [-0.3, -0.25) is 23.9 Å². The fraction of sp³-hybridized carbons (Fsp3) is 0.333. The van der Waals surface area contributed by atoms with Crippen molar-refractivity contribution in [3.8, 4) is 11.5 Å². The van der Waals surface area contributed by atoms with Crippen molar-refractivity contribution in [1.82, 2.24) is 9.55 Å². The van der Waals surface area contributed by atoms with Gasteiger partial charge in [0.15, 0.2) is 0 Å². The highest BCUT2D eigenvalue weighted by Gasteiger charge is 2.38. The lowest BCUT2D eigenvalue weighted by atomic mass is 9.80. The number of H-pyrrole nitrogens is 1. The fourth-order valence-corrected chi connectivity index (χ4v) is 5.05. The van der Waals surface area contributed by atoms with Crippen LogP contribution < -0.4 is 20.7 Å². The van der Waals surface area contributed by atoms with Gasteiger partial charge in [0, 0.05) is 25.1 Å². The van der Waals surface area contributed by atoms with Crippen LogP contribution in [-0.2, 0) is 35.9 Å². The number of aromatic amines is 1. The number of aromatic nitrogens is 2. The summed E-state index contributed by atoms with van der Waals surface area (Å²) in [5.74, 6) is 0.795. The van der Waals surface area contributed by atoms with Crippen molar-refractivity contribution in [3.05, 3.63) is 129 Å². The van der Waals surface area contributed by atoms with Gasteiger partial charge >= 0.3 is 11.7 Å². The number of Topliss-reactive ketones (excluding diaryl/α,β-unsaturated/α-hetero) is 1. The molecule has 47 heavy (non-hydrogen) atoms. The second-order valence-corrected chi connectivity index (χ2v) is 10.7. The number of nitrogens with one attached hydrogen (secondary N) is 1. The third-order valence-corrected chi connectivity index (χ3v) is 7.67. The Kier molecular flexibility index (Phi) is 12.7. The molecule has 0 aliphatic carbocycles. The second kappa shape index (κ2) is 17.1. The molecule has 11 heteroatoms. The number of rotatable bonds is 18. The third-order valence-electron chi connectivity index (χ3n) is 7.67. The summed E-state index contributed by atoms with van der Waals surface area (Å²) < 4.78 is 30.8. The molecule has 0 saturated carbocycles. The first kappa shape index (κ1) is 34.9. The van der Waals surface area contributed by atoms with Gasteiger partial charge in [0.25, 0.3) is 5.56 Å². The van der Waals surface area contributed by atoms with E-state index in [0.717, 1.165) is 16.7 Å². The Hall–Kier alpha value is -5.00. The van der Waals surface area contributed by atoms with Gasteiger partial charge in [-0.05, 0) is 41.0 Å². The van der Waals surface area contributed by atoms with E-state index in [1.54, 1.807) is 21.1 Å². The molecule has 0 bridgehead atoms. The van der Waals surface area contributed by atoms with Crippen LogP contribution in [0.25, 0.3) is 0 Å². The van der Waals surface area contributed by atoms with Crippen LogP contribution in [0.4, 0.5) is 0 Å². The average Bonchev–Trinajstić information content (AvgIpc) is 3.11. The van der Waals surface area contributed by atoms with Crippen LogP contribution in [0.2, 0.25) is 0 Å². The molecule has 3 aromatic carbocycles. The average molecular weight is 645 g/mol. The van der Waals surface area contributed by atoms with Crippen LogP contribution in [0.15, 0.2) is 101 Å². The van der Waals surface area contributed by atoms with Crippen molar-refractivity contribution >= 4 is 11.8 Å². The van der Waals surface area contributed by atoms with Gasteiger partial charge in [-0.25, -0.2) is 4.79 Å². The van der Waals surface area contributed by atoms with E-state index in [-0.39, 0.29) is 45.0 Å². The van der Waals surface area contributed by atoms with E-state index >= 15 is 0 Å². The van der Waals surface area contributed by atoms with E-state index in [1.807, 2.05) is 78.9 Å². The van der Waals surface area contributed by atoms with Crippen molar-refractivity contribution in [2.45, 2.75) is 44.4 Å². The molecule has 0 aliphatic heterocycles. The summed E-state index contributed by atoms with van der Waals surface area (Å²) in [5.41, 5.74) is 0.245. The first-order valence-electron chi connectivity index (χ1n) is 15.4. The van der Waals surface area contributed by atoms with Crippen LogP contribution in [0.1, 0.15) is 42.9 Å². The summed E-state index contributed by atoms with van der Waals surface area (Å²) in [6.07, 6.45) is 1.01. The minimum atomic E-state index is -1.14. The summed E-state index contributed by atoms with van der Waals surface area (Å²) in [5, 5.41) is 0. The van der Waals surface area contributed by atoms with E-state index in [9.17, 15) is 19.2 Å². The molecule has 4 rings (SSSR count). The molecule has 0 amide bonds. The molecule has 0 saturated heterocycles. The highest BCUT2D eigenvalue weighted by atomic mass is 16.6. The van der Waals surface area contributed by atoms with Crippen LogP contribution in [0.5, 0.6) is 11.5 Å². The molecule has 0 aliphatic rings. The Bertz CT molecular complexity index is 1650. The first-order valence-corrected chi connectivity index (χ1v) is 15.4. The Morgan fingerprint density at radius 1 is 0.787 bits per heavy atom. The number of nitrogens with zero attached hydrogens (tertiary/aromatic N) is 1. The van der Waals surface area contributed by atoms with Crippen LogP contribution in [0.3, 0.4) is 0 Å². The number of ether oxygens (including phenoxy) is 5. The molecule has 0 spiro atoms. The second-order valence-electron chi connectivity index (χ2n) is 10.7. The van der Waals surface area contributed by atoms with Crippen LogP contribution in [-0.4, -0.2) is 61.4 Å².